The number of carbonyl (C=O) groups is 1. The number of nitrogens with one attached hydrogen (secondary N) is 1. The minimum Gasteiger partial charge on any atom is -0.466 e. The van der Waals surface area contributed by atoms with Crippen molar-refractivity contribution >= 4 is 5.97 Å². The summed E-state index contributed by atoms with van der Waals surface area (Å²) in [6.45, 7) is 2.34. The molecule has 1 aliphatic rings. The molecule has 4 heteroatoms. The molecule has 2 unspecified atom stereocenters. The Morgan fingerprint density at radius 2 is 2.20 bits per heavy atom. The van der Waals surface area contributed by atoms with E-state index in [0.29, 0.717) is 12.6 Å². The van der Waals surface area contributed by atoms with E-state index in [2.05, 4.69) is 5.43 Å². The standard InChI is InChI=1S/C11H22N2O2/c1-4-15-11(14)9-6-5-7-10(8-9)12-13(2)3/h9-10,12H,4-8H2,1-3H3. The van der Waals surface area contributed by atoms with Crippen molar-refractivity contribution in [1.29, 1.82) is 0 Å². The van der Waals surface area contributed by atoms with E-state index in [0.717, 1.165) is 25.7 Å². The molecule has 4 nitrogen and oxygen atoms in total. The van der Waals surface area contributed by atoms with Crippen LogP contribution < -0.4 is 5.43 Å². The third-order valence-electron chi connectivity index (χ3n) is 2.73. The van der Waals surface area contributed by atoms with Crippen molar-refractivity contribution in [2.45, 2.75) is 38.6 Å². The zero-order valence-electron chi connectivity index (χ0n) is 9.95. The first-order chi connectivity index (χ1) is 7.13. The highest BCUT2D eigenvalue weighted by atomic mass is 16.5. The number of hydrogen-bond donors (Lipinski definition) is 1. The van der Waals surface area contributed by atoms with Crippen LogP contribution in [0.1, 0.15) is 32.6 Å². The largest absolute Gasteiger partial charge is 0.466 e. The van der Waals surface area contributed by atoms with Crippen LogP contribution in [0.3, 0.4) is 0 Å². The van der Waals surface area contributed by atoms with Crippen molar-refractivity contribution in [3.05, 3.63) is 0 Å². The first-order valence-corrected chi connectivity index (χ1v) is 5.73. The molecule has 1 rings (SSSR count). The van der Waals surface area contributed by atoms with Gasteiger partial charge in [-0.2, -0.15) is 0 Å². The van der Waals surface area contributed by atoms with Gasteiger partial charge in [0.1, 0.15) is 0 Å². The van der Waals surface area contributed by atoms with Gasteiger partial charge < -0.3 is 4.74 Å². The molecule has 0 spiro atoms. The predicted molar refractivity (Wildman–Crippen MR) is 59.2 cm³/mol. The van der Waals surface area contributed by atoms with Crippen LogP contribution in [0.15, 0.2) is 0 Å². The van der Waals surface area contributed by atoms with E-state index in [1.807, 2.05) is 26.0 Å². The molecule has 0 amide bonds. The molecular formula is C11H22N2O2. The first-order valence-electron chi connectivity index (χ1n) is 5.73. The van der Waals surface area contributed by atoms with Crippen LogP contribution in [0.2, 0.25) is 0 Å². The average Bonchev–Trinajstić information content (AvgIpc) is 2.17. The molecule has 0 aromatic heterocycles. The maximum Gasteiger partial charge on any atom is 0.308 e. The third-order valence-corrected chi connectivity index (χ3v) is 2.73. The molecule has 1 saturated carbocycles. The number of rotatable bonds is 4. The quantitative estimate of drug-likeness (QED) is 0.563. The molecule has 0 heterocycles. The van der Waals surface area contributed by atoms with Crippen LogP contribution in [-0.4, -0.2) is 37.7 Å². The SMILES string of the molecule is CCOC(=O)C1CCCC(NN(C)C)C1. The second kappa shape index (κ2) is 6.08. The second-order valence-corrected chi connectivity index (χ2v) is 4.34. The number of ether oxygens (including phenoxy) is 1. The fourth-order valence-corrected chi connectivity index (χ4v) is 2.15. The van der Waals surface area contributed by atoms with Crippen molar-refractivity contribution in [2.24, 2.45) is 5.92 Å². The number of esters is 1. The summed E-state index contributed by atoms with van der Waals surface area (Å²) >= 11 is 0. The minimum atomic E-state index is -0.0252. The summed E-state index contributed by atoms with van der Waals surface area (Å²) in [6, 6.07) is 0.420. The monoisotopic (exact) mass is 214 g/mol. The maximum absolute atomic E-state index is 11.6. The van der Waals surface area contributed by atoms with Crippen molar-refractivity contribution in [1.82, 2.24) is 10.4 Å². The lowest BCUT2D eigenvalue weighted by atomic mass is 9.86. The van der Waals surface area contributed by atoms with E-state index < -0.39 is 0 Å². The van der Waals surface area contributed by atoms with Crippen LogP contribution in [0, 0.1) is 5.92 Å². The van der Waals surface area contributed by atoms with Crippen LogP contribution in [0.4, 0.5) is 0 Å². The molecule has 0 bridgehead atoms. The molecular weight excluding hydrogens is 192 g/mol. The van der Waals surface area contributed by atoms with Gasteiger partial charge in [0.25, 0.3) is 0 Å². The summed E-state index contributed by atoms with van der Waals surface area (Å²) in [5.74, 6) is 0.0684. The van der Waals surface area contributed by atoms with Gasteiger partial charge in [0.15, 0.2) is 0 Å². The summed E-state index contributed by atoms with van der Waals surface area (Å²) in [5, 5.41) is 1.96. The number of hydrazine groups is 1. The van der Waals surface area contributed by atoms with E-state index in [1.54, 1.807) is 0 Å². The molecule has 1 fully saturated rings. The number of nitrogens with zero attached hydrogens (tertiary/aromatic N) is 1. The van der Waals surface area contributed by atoms with E-state index >= 15 is 0 Å². The van der Waals surface area contributed by atoms with Gasteiger partial charge in [-0.3, -0.25) is 15.2 Å². The van der Waals surface area contributed by atoms with Gasteiger partial charge in [-0.15, -0.1) is 0 Å². The highest BCUT2D eigenvalue weighted by Crippen LogP contribution is 2.25. The smallest absolute Gasteiger partial charge is 0.308 e. The third kappa shape index (κ3) is 4.18. The summed E-state index contributed by atoms with van der Waals surface area (Å²) in [5.41, 5.74) is 3.33. The Bertz CT molecular complexity index is 207. The lowest BCUT2D eigenvalue weighted by Gasteiger charge is -2.30. The molecule has 1 N–H and O–H groups in total. The maximum atomic E-state index is 11.6. The fourth-order valence-electron chi connectivity index (χ4n) is 2.15. The Kier molecular flexibility index (Phi) is 5.05. The Balaban J connectivity index is 2.38. The Morgan fingerprint density at radius 1 is 1.47 bits per heavy atom. The lowest BCUT2D eigenvalue weighted by molar-refractivity contribution is -0.149. The normalized spacial score (nSPS) is 26.7. The molecule has 1 aliphatic carbocycles. The summed E-state index contributed by atoms with van der Waals surface area (Å²) < 4.78 is 5.05. The van der Waals surface area contributed by atoms with Gasteiger partial charge in [-0.1, -0.05) is 6.42 Å². The van der Waals surface area contributed by atoms with Gasteiger partial charge in [-0.25, -0.2) is 0 Å². The van der Waals surface area contributed by atoms with Crippen LogP contribution in [0.25, 0.3) is 0 Å². The van der Waals surface area contributed by atoms with Crippen LogP contribution >= 0.6 is 0 Å². The van der Waals surface area contributed by atoms with Gasteiger partial charge in [0.2, 0.25) is 0 Å². The predicted octanol–water partition coefficient (Wildman–Crippen LogP) is 1.17. The molecule has 88 valence electrons. The zero-order chi connectivity index (χ0) is 11.3. The lowest BCUT2D eigenvalue weighted by Crippen LogP contribution is -2.43. The molecule has 0 radical (unpaired) electrons. The summed E-state index contributed by atoms with van der Waals surface area (Å²) in [6.07, 6.45) is 4.13. The van der Waals surface area contributed by atoms with Crippen molar-refractivity contribution in [2.75, 3.05) is 20.7 Å². The Labute approximate surface area is 91.9 Å². The topological polar surface area (TPSA) is 41.6 Å². The van der Waals surface area contributed by atoms with Crippen molar-refractivity contribution in [3.63, 3.8) is 0 Å². The molecule has 15 heavy (non-hydrogen) atoms. The fraction of sp³-hybridized carbons (Fsp3) is 0.909. The molecule has 2 atom stereocenters. The van der Waals surface area contributed by atoms with Crippen LogP contribution in [-0.2, 0) is 9.53 Å². The molecule has 0 aromatic carbocycles. The van der Waals surface area contributed by atoms with Gasteiger partial charge in [-0.05, 0) is 26.2 Å². The van der Waals surface area contributed by atoms with E-state index in [4.69, 9.17) is 4.74 Å². The molecule has 0 aromatic rings. The Morgan fingerprint density at radius 3 is 2.80 bits per heavy atom. The van der Waals surface area contributed by atoms with E-state index in [9.17, 15) is 4.79 Å². The van der Waals surface area contributed by atoms with Gasteiger partial charge in [0.05, 0.1) is 12.5 Å². The average molecular weight is 214 g/mol. The number of hydrogen-bond acceptors (Lipinski definition) is 4. The van der Waals surface area contributed by atoms with E-state index in [-0.39, 0.29) is 11.9 Å². The zero-order valence-corrected chi connectivity index (χ0v) is 9.95. The second-order valence-electron chi connectivity index (χ2n) is 4.34. The van der Waals surface area contributed by atoms with Crippen LogP contribution in [0.5, 0.6) is 0 Å². The van der Waals surface area contributed by atoms with Gasteiger partial charge >= 0.3 is 5.97 Å². The molecule has 0 aliphatic heterocycles. The highest BCUT2D eigenvalue weighted by Gasteiger charge is 2.28. The van der Waals surface area contributed by atoms with E-state index in [1.165, 1.54) is 0 Å². The molecule has 0 saturated heterocycles. The first kappa shape index (κ1) is 12.5. The summed E-state index contributed by atoms with van der Waals surface area (Å²) in [4.78, 5) is 11.6. The van der Waals surface area contributed by atoms with Crippen molar-refractivity contribution in [3.8, 4) is 0 Å². The highest BCUT2D eigenvalue weighted by molar-refractivity contribution is 5.72. The van der Waals surface area contributed by atoms with Crippen molar-refractivity contribution < 1.29 is 9.53 Å². The minimum absolute atomic E-state index is 0.0252. The number of carbonyl (C=O) groups excluding carboxylic acids is 1. The van der Waals surface area contributed by atoms with Gasteiger partial charge in [0, 0.05) is 20.1 Å². The summed E-state index contributed by atoms with van der Waals surface area (Å²) in [7, 11) is 3.96. The Hall–Kier alpha value is -0.610.